The Morgan fingerprint density at radius 2 is 1.62 bits per heavy atom. The predicted molar refractivity (Wildman–Crippen MR) is 127 cm³/mol. The van der Waals surface area contributed by atoms with Crippen LogP contribution in [0, 0.1) is 0 Å². The van der Waals surface area contributed by atoms with Crippen LogP contribution in [0.4, 0.5) is 17.6 Å². The number of alkyl halides is 4. The van der Waals surface area contributed by atoms with Gasteiger partial charge in [0.2, 0.25) is 6.86 Å². The average molecular weight is 514 g/mol. The Balaban J connectivity index is 1.49. The lowest BCUT2D eigenvalue weighted by molar-refractivity contribution is -0.141. The molecule has 1 amide bonds. The molecule has 0 saturated carbocycles. The zero-order chi connectivity index (χ0) is 26.4. The maximum Gasteiger partial charge on any atom is 0.435 e. The van der Waals surface area contributed by atoms with Crippen LogP contribution >= 0.6 is 0 Å². The highest BCUT2D eigenvalue weighted by Gasteiger charge is 2.38. The molecule has 4 aromatic rings. The zero-order valence-electron chi connectivity index (χ0n) is 19.4. The molecule has 2 heterocycles. The number of hydrogen-bond donors (Lipinski definition) is 3. The minimum absolute atomic E-state index is 0.0991. The fourth-order valence-corrected chi connectivity index (χ4v) is 3.78. The van der Waals surface area contributed by atoms with Gasteiger partial charge in [-0.05, 0) is 23.3 Å². The summed E-state index contributed by atoms with van der Waals surface area (Å²) in [6.07, 6.45) is -3.01. The third kappa shape index (κ3) is 6.43. The Hall–Kier alpha value is -4.41. The highest BCUT2D eigenvalue weighted by molar-refractivity contribution is 5.90. The van der Waals surface area contributed by atoms with Gasteiger partial charge in [0.1, 0.15) is 5.75 Å². The topological polar surface area (TPSA) is 99.9 Å². The molecule has 0 radical (unpaired) electrons. The van der Waals surface area contributed by atoms with Gasteiger partial charge in [-0.3, -0.25) is 9.59 Å². The third-order valence-corrected chi connectivity index (χ3v) is 5.58. The van der Waals surface area contributed by atoms with Crippen LogP contribution in [0.25, 0.3) is 0 Å². The van der Waals surface area contributed by atoms with Gasteiger partial charge in [0.05, 0.1) is 5.69 Å². The summed E-state index contributed by atoms with van der Waals surface area (Å²) in [4.78, 5) is 33.0. The normalized spacial score (nSPS) is 11.4. The van der Waals surface area contributed by atoms with Crippen molar-refractivity contribution in [3.63, 3.8) is 0 Å². The van der Waals surface area contributed by atoms with Gasteiger partial charge in [0.15, 0.2) is 11.5 Å². The van der Waals surface area contributed by atoms with Crippen LogP contribution < -0.4 is 15.6 Å². The zero-order valence-corrected chi connectivity index (χ0v) is 19.4. The first-order valence-corrected chi connectivity index (χ1v) is 11.2. The van der Waals surface area contributed by atoms with E-state index in [1.165, 1.54) is 12.3 Å². The van der Waals surface area contributed by atoms with E-state index in [1.54, 1.807) is 54.6 Å². The highest BCUT2D eigenvalue weighted by Crippen LogP contribution is 2.31. The van der Waals surface area contributed by atoms with Crippen LogP contribution in [0.2, 0.25) is 0 Å². The molecule has 3 N–H and O–H groups in total. The smallest absolute Gasteiger partial charge is 0.435 e. The third-order valence-electron chi connectivity index (χ3n) is 5.58. The number of carbonyl (C=O) groups excluding carboxylic acids is 1. The molecule has 0 saturated heterocycles. The predicted octanol–water partition coefficient (Wildman–Crippen LogP) is 4.53. The van der Waals surface area contributed by atoms with Crippen LogP contribution in [-0.4, -0.2) is 27.7 Å². The van der Waals surface area contributed by atoms with Crippen molar-refractivity contribution in [1.29, 1.82) is 0 Å². The summed E-state index contributed by atoms with van der Waals surface area (Å²) in [6.45, 7) is -1.16. The van der Waals surface area contributed by atoms with Crippen molar-refractivity contribution in [3.8, 4) is 5.75 Å². The summed E-state index contributed by atoms with van der Waals surface area (Å²) in [5, 5.41) is 2.47. The number of benzene rings is 2. The minimum atomic E-state index is -4.78. The molecule has 37 heavy (non-hydrogen) atoms. The van der Waals surface area contributed by atoms with E-state index in [4.69, 9.17) is 4.74 Å². The number of halogens is 4. The molecule has 0 aliphatic rings. The first-order valence-electron chi connectivity index (χ1n) is 11.2. The Morgan fingerprint density at radius 3 is 2.30 bits per heavy atom. The SMILES string of the molecule is O=C(NCc1ccccc1OCF)c1nc(C(F)(F)F)c(Cc2ccc(Cc3ccc[nH]c3=O)cc2)[nH]1. The monoisotopic (exact) mass is 514 g/mol. The summed E-state index contributed by atoms with van der Waals surface area (Å²) >= 11 is 0. The fraction of sp³-hybridized carbons (Fsp3) is 0.192. The Morgan fingerprint density at radius 1 is 0.946 bits per heavy atom. The summed E-state index contributed by atoms with van der Waals surface area (Å²) < 4.78 is 58.4. The molecule has 0 fully saturated rings. The van der Waals surface area contributed by atoms with Crippen molar-refractivity contribution in [2.24, 2.45) is 0 Å². The lowest BCUT2D eigenvalue weighted by Crippen LogP contribution is -2.24. The van der Waals surface area contributed by atoms with Gasteiger partial charge in [-0.1, -0.05) is 48.5 Å². The molecular formula is C26H22F4N4O3. The molecule has 192 valence electrons. The molecule has 0 bridgehead atoms. The number of H-pyrrole nitrogens is 2. The number of rotatable bonds is 9. The van der Waals surface area contributed by atoms with Crippen molar-refractivity contribution in [2.45, 2.75) is 25.6 Å². The van der Waals surface area contributed by atoms with E-state index >= 15 is 0 Å². The molecule has 7 nitrogen and oxygen atoms in total. The van der Waals surface area contributed by atoms with Gasteiger partial charge in [-0.2, -0.15) is 13.2 Å². The van der Waals surface area contributed by atoms with Gasteiger partial charge >= 0.3 is 6.18 Å². The maximum atomic E-state index is 13.7. The number of ether oxygens (including phenoxy) is 1. The van der Waals surface area contributed by atoms with Gasteiger partial charge in [-0.15, -0.1) is 0 Å². The van der Waals surface area contributed by atoms with Crippen molar-refractivity contribution in [2.75, 3.05) is 6.86 Å². The second-order valence-corrected chi connectivity index (χ2v) is 8.15. The molecule has 0 spiro atoms. The van der Waals surface area contributed by atoms with Crippen LogP contribution in [-0.2, 0) is 25.6 Å². The number of hydrogen-bond acceptors (Lipinski definition) is 4. The van der Waals surface area contributed by atoms with Crippen LogP contribution in [0.15, 0.2) is 71.7 Å². The standard InChI is InChI=1S/C26H22F4N4O3/c27-15-37-21-6-2-1-4-19(21)14-32-25(36)23-33-20(22(34-23)26(28,29)30)13-17-9-7-16(8-10-17)12-18-5-3-11-31-24(18)35/h1-11H,12-15H2,(H,31,35)(H,32,36)(H,33,34). The number of amides is 1. The number of aromatic nitrogens is 3. The maximum absolute atomic E-state index is 13.7. The lowest BCUT2D eigenvalue weighted by atomic mass is 10.0. The van der Waals surface area contributed by atoms with Gasteiger partial charge < -0.3 is 20.0 Å². The van der Waals surface area contributed by atoms with E-state index in [9.17, 15) is 27.2 Å². The summed E-state index contributed by atoms with van der Waals surface area (Å²) in [6, 6.07) is 16.6. The molecule has 11 heteroatoms. The van der Waals surface area contributed by atoms with E-state index in [2.05, 4.69) is 20.3 Å². The van der Waals surface area contributed by atoms with E-state index in [0.717, 1.165) is 5.56 Å². The second kappa shape index (κ2) is 11.1. The molecule has 4 rings (SSSR count). The first kappa shape index (κ1) is 25.7. The van der Waals surface area contributed by atoms with Crippen LogP contribution in [0.5, 0.6) is 5.75 Å². The number of nitrogens with zero attached hydrogens (tertiary/aromatic N) is 1. The summed E-state index contributed by atoms with van der Waals surface area (Å²) in [7, 11) is 0. The Kier molecular flexibility index (Phi) is 7.71. The molecular weight excluding hydrogens is 492 g/mol. The molecule has 2 aromatic heterocycles. The van der Waals surface area contributed by atoms with Gasteiger partial charge in [0, 0.05) is 36.7 Å². The molecule has 0 aliphatic heterocycles. The van der Waals surface area contributed by atoms with Gasteiger partial charge in [0.25, 0.3) is 11.5 Å². The Bertz CT molecular complexity index is 1430. The van der Waals surface area contributed by atoms with Crippen molar-refractivity contribution < 1.29 is 27.1 Å². The van der Waals surface area contributed by atoms with Crippen molar-refractivity contribution in [3.05, 3.63) is 117 Å². The summed E-state index contributed by atoms with van der Waals surface area (Å²) in [5.41, 5.74) is 0.752. The first-order chi connectivity index (χ1) is 17.7. The van der Waals surface area contributed by atoms with E-state index < -0.39 is 30.5 Å². The molecule has 0 unspecified atom stereocenters. The number of aromatic amines is 2. The molecule has 0 atom stereocenters. The van der Waals surface area contributed by atoms with E-state index in [1.807, 2.05) is 0 Å². The number of para-hydroxylation sites is 1. The van der Waals surface area contributed by atoms with Gasteiger partial charge in [-0.25, -0.2) is 9.37 Å². The average Bonchev–Trinajstić information content (AvgIpc) is 3.31. The highest BCUT2D eigenvalue weighted by atomic mass is 19.4. The summed E-state index contributed by atoms with van der Waals surface area (Å²) in [5.74, 6) is -1.14. The molecule has 2 aromatic carbocycles. The van der Waals surface area contributed by atoms with E-state index in [0.29, 0.717) is 23.1 Å². The van der Waals surface area contributed by atoms with Crippen LogP contribution in [0.1, 0.15) is 44.3 Å². The molecule has 0 aliphatic carbocycles. The largest absolute Gasteiger partial charge is 0.463 e. The lowest BCUT2D eigenvalue weighted by Gasteiger charge is -2.09. The number of carbonyl (C=O) groups is 1. The fourth-order valence-electron chi connectivity index (χ4n) is 3.78. The number of pyridine rings is 1. The van der Waals surface area contributed by atoms with Crippen molar-refractivity contribution in [1.82, 2.24) is 20.3 Å². The van der Waals surface area contributed by atoms with Crippen molar-refractivity contribution >= 4 is 5.91 Å². The van der Waals surface area contributed by atoms with E-state index in [-0.39, 0.29) is 30.0 Å². The van der Waals surface area contributed by atoms with Crippen LogP contribution in [0.3, 0.4) is 0 Å². The Labute approximate surface area is 208 Å². The minimum Gasteiger partial charge on any atom is -0.463 e. The number of imidazole rings is 1. The quantitative estimate of drug-likeness (QED) is 0.286. The number of nitrogens with one attached hydrogen (secondary N) is 3. The second-order valence-electron chi connectivity index (χ2n) is 8.15.